The van der Waals surface area contributed by atoms with Crippen LogP contribution in [0.1, 0.15) is 11.1 Å². The molecule has 5 nitrogen and oxygen atoms in total. The first-order valence-electron chi connectivity index (χ1n) is 9.57. The summed E-state index contributed by atoms with van der Waals surface area (Å²) in [5.41, 5.74) is 3.07. The number of likely N-dealkylation sites (N-methyl/N-ethyl adjacent to an activating group) is 1. The van der Waals surface area contributed by atoms with Crippen molar-refractivity contribution in [1.29, 1.82) is 0 Å². The highest BCUT2D eigenvalue weighted by Crippen LogP contribution is 2.25. The molecule has 0 N–H and O–H groups in total. The summed E-state index contributed by atoms with van der Waals surface area (Å²) in [6.45, 7) is 3.06. The van der Waals surface area contributed by atoms with E-state index >= 15 is 0 Å². The van der Waals surface area contributed by atoms with Crippen LogP contribution in [0.2, 0.25) is 0 Å². The zero-order chi connectivity index (χ0) is 20.2. The van der Waals surface area contributed by atoms with Gasteiger partial charge in [0, 0.05) is 7.05 Å². The Morgan fingerprint density at radius 3 is 2.24 bits per heavy atom. The van der Waals surface area contributed by atoms with E-state index in [0.29, 0.717) is 13.1 Å². The number of amidine groups is 1. The minimum Gasteiger partial charge on any atom is -0.457 e. The van der Waals surface area contributed by atoms with Gasteiger partial charge in [0.25, 0.3) is 0 Å². The molecule has 1 aliphatic heterocycles. The minimum atomic E-state index is -0.0339. The molecule has 0 unspecified atom stereocenters. The molecule has 2 amide bonds. The van der Waals surface area contributed by atoms with Crippen LogP contribution >= 0.6 is 0 Å². The van der Waals surface area contributed by atoms with Gasteiger partial charge < -0.3 is 9.64 Å². The van der Waals surface area contributed by atoms with Crippen LogP contribution in [0.15, 0.2) is 83.9 Å². The van der Waals surface area contributed by atoms with Gasteiger partial charge in [0.05, 0.1) is 18.8 Å². The van der Waals surface area contributed by atoms with Gasteiger partial charge >= 0.3 is 6.03 Å². The molecule has 4 rings (SSSR count). The first-order valence-corrected chi connectivity index (χ1v) is 9.57. The molecule has 146 valence electrons. The quantitative estimate of drug-likeness (QED) is 0.591. The summed E-state index contributed by atoms with van der Waals surface area (Å²) >= 11 is 0. The Morgan fingerprint density at radius 1 is 0.897 bits per heavy atom. The van der Waals surface area contributed by atoms with Gasteiger partial charge in [-0.25, -0.2) is 9.79 Å². The molecule has 1 saturated heterocycles. The van der Waals surface area contributed by atoms with Crippen LogP contribution < -0.4 is 4.74 Å². The van der Waals surface area contributed by atoms with Gasteiger partial charge in [0.1, 0.15) is 17.3 Å². The molecule has 5 heteroatoms. The SMILES string of the molecule is Cc1ccc(CN2C(=O)N(C)C/C2=N\c2ccc(Oc3ccccc3)cc2)cc1. The number of urea groups is 1. The van der Waals surface area contributed by atoms with Crippen molar-refractivity contribution < 1.29 is 9.53 Å². The van der Waals surface area contributed by atoms with Crippen molar-refractivity contribution in [1.82, 2.24) is 9.80 Å². The molecule has 29 heavy (non-hydrogen) atoms. The zero-order valence-corrected chi connectivity index (χ0v) is 16.6. The second-order valence-electron chi connectivity index (χ2n) is 7.15. The lowest BCUT2D eigenvalue weighted by molar-refractivity contribution is 0.203. The van der Waals surface area contributed by atoms with Gasteiger partial charge in [-0.05, 0) is 48.9 Å². The molecule has 0 aromatic heterocycles. The predicted molar refractivity (Wildman–Crippen MR) is 115 cm³/mol. The van der Waals surface area contributed by atoms with Crippen LogP contribution in [0.5, 0.6) is 11.5 Å². The van der Waals surface area contributed by atoms with Gasteiger partial charge in [-0.2, -0.15) is 0 Å². The highest BCUT2D eigenvalue weighted by atomic mass is 16.5. The molecule has 1 heterocycles. The van der Waals surface area contributed by atoms with E-state index in [9.17, 15) is 4.79 Å². The maximum absolute atomic E-state index is 12.6. The van der Waals surface area contributed by atoms with E-state index in [4.69, 9.17) is 9.73 Å². The number of carbonyl (C=O) groups is 1. The highest BCUT2D eigenvalue weighted by molar-refractivity contribution is 6.05. The second-order valence-corrected chi connectivity index (χ2v) is 7.15. The van der Waals surface area contributed by atoms with Crippen LogP contribution in [-0.4, -0.2) is 35.3 Å². The molecule has 0 radical (unpaired) electrons. The smallest absolute Gasteiger partial charge is 0.325 e. The van der Waals surface area contributed by atoms with Gasteiger partial charge in [-0.3, -0.25) is 4.90 Å². The average molecular weight is 385 g/mol. The van der Waals surface area contributed by atoms with Crippen molar-refractivity contribution in [3.05, 3.63) is 90.0 Å². The average Bonchev–Trinajstić information content (AvgIpc) is 2.99. The normalized spacial score (nSPS) is 15.2. The molecular weight excluding hydrogens is 362 g/mol. The molecule has 0 bridgehead atoms. The fraction of sp³-hybridized carbons (Fsp3) is 0.167. The third kappa shape index (κ3) is 4.46. The number of rotatable bonds is 5. The summed E-state index contributed by atoms with van der Waals surface area (Å²) in [5, 5.41) is 0. The fourth-order valence-electron chi connectivity index (χ4n) is 3.17. The Bertz CT molecular complexity index is 1010. The molecule has 1 aliphatic rings. The van der Waals surface area contributed by atoms with Crippen molar-refractivity contribution >= 4 is 17.6 Å². The van der Waals surface area contributed by atoms with Crippen LogP contribution in [0.4, 0.5) is 10.5 Å². The van der Waals surface area contributed by atoms with Gasteiger partial charge in [0.15, 0.2) is 0 Å². The number of aryl methyl sites for hydroxylation is 1. The summed E-state index contributed by atoms with van der Waals surface area (Å²) in [7, 11) is 1.80. The van der Waals surface area contributed by atoms with E-state index in [2.05, 4.69) is 19.1 Å². The molecule has 0 spiro atoms. The molecular formula is C24H23N3O2. The molecule has 3 aromatic rings. The minimum absolute atomic E-state index is 0.0339. The van der Waals surface area contributed by atoms with Crippen LogP contribution in [0.25, 0.3) is 0 Å². The largest absolute Gasteiger partial charge is 0.457 e. The Morgan fingerprint density at radius 2 is 1.55 bits per heavy atom. The number of aliphatic imine (C=N–C) groups is 1. The third-order valence-electron chi connectivity index (χ3n) is 4.78. The van der Waals surface area contributed by atoms with Crippen LogP contribution in [0, 0.1) is 6.92 Å². The van der Waals surface area contributed by atoms with Crippen LogP contribution in [0.3, 0.4) is 0 Å². The molecule has 0 atom stereocenters. The molecule has 3 aromatic carbocycles. The summed E-state index contributed by atoms with van der Waals surface area (Å²) in [6, 6.07) is 25.4. The second kappa shape index (κ2) is 8.19. The zero-order valence-electron chi connectivity index (χ0n) is 16.6. The van der Waals surface area contributed by atoms with E-state index in [0.717, 1.165) is 28.6 Å². The Kier molecular flexibility index (Phi) is 5.29. The predicted octanol–water partition coefficient (Wildman–Crippen LogP) is 5.38. The number of para-hydroxylation sites is 1. The third-order valence-corrected chi connectivity index (χ3v) is 4.78. The first-order chi connectivity index (χ1) is 14.1. The maximum atomic E-state index is 12.6. The fourth-order valence-corrected chi connectivity index (χ4v) is 3.17. The van der Waals surface area contributed by atoms with E-state index in [-0.39, 0.29) is 6.03 Å². The van der Waals surface area contributed by atoms with Gasteiger partial charge in [-0.15, -0.1) is 0 Å². The van der Waals surface area contributed by atoms with E-state index in [1.165, 1.54) is 5.56 Å². The molecule has 0 aliphatic carbocycles. The number of benzene rings is 3. The Hall–Kier alpha value is -3.60. The number of ether oxygens (including phenoxy) is 1. The van der Waals surface area contributed by atoms with Crippen molar-refractivity contribution in [3.63, 3.8) is 0 Å². The summed E-state index contributed by atoms with van der Waals surface area (Å²) in [6.07, 6.45) is 0. The number of amides is 2. The standard InChI is InChI=1S/C24H23N3O2/c1-18-8-10-19(11-9-18)16-27-23(17-26(2)24(27)28)25-20-12-14-22(15-13-20)29-21-6-4-3-5-7-21/h3-15H,16-17H2,1-2H3/b25-23+. The van der Waals surface area contributed by atoms with Crippen LogP contribution in [-0.2, 0) is 6.54 Å². The monoisotopic (exact) mass is 385 g/mol. The van der Waals surface area contributed by atoms with Crippen molar-refractivity contribution in [2.45, 2.75) is 13.5 Å². The van der Waals surface area contributed by atoms with E-state index in [1.54, 1.807) is 16.8 Å². The molecule has 0 saturated carbocycles. The lowest BCUT2D eigenvalue weighted by Gasteiger charge is -2.16. The Labute approximate surface area is 170 Å². The van der Waals surface area contributed by atoms with E-state index < -0.39 is 0 Å². The summed E-state index contributed by atoms with van der Waals surface area (Å²) in [5.74, 6) is 2.28. The first kappa shape index (κ1) is 18.7. The Balaban J connectivity index is 1.51. The van der Waals surface area contributed by atoms with E-state index in [1.807, 2.05) is 66.7 Å². The number of nitrogens with zero attached hydrogens (tertiary/aromatic N) is 3. The van der Waals surface area contributed by atoms with Gasteiger partial charge in [0.2, 0.25) is 0 Å². The lowest BCUT2D eigenvalue weighted by atomic mass is 10.1. The highest BCUT2D eigenvalue weighted by Gasteiger charge is 2.31. The number of hydrogen-bond donors (Lipinski definition) is 0. The number of carbonyl (C=O) groups excluding carboxylic acids is 1. The number of hydrogen-bond acceptors (Lipinski definition) is 3. The topological polar surface area (TPSA) is 45.1 Å². The summed E-state index contributed by atoms with van der Waals surface area (Å²) < 4.78 is 5.83. The lowest BCUT2D eigenvalue weighted by Crippen LogP contribution is -2.31. The van der Waals surface area contributed by atoms with Gasteiger partial charge in [-0.1, -0.05) is 48.0 Å². The summed E-state index contributed by atoms with van der Waals surface area (Å²) in [4.78, 5) is 20.7. The van der Waals surface area contributed by atoms with Crippen molar-refractivity contribution in [2.24, 2.45) is 4.99 Å². The van der Waals surface area contributed by atoms with Crippen molar-refractivity contribution in [3.8, 4) is 11.5 Å². The van der Waals surface area contributed by atoms with Crippen molar-refractivity contribution in [2.75, 3.05) is 13.6 Å². The maximum Gasteiger partial charge on any atom is 0.325 e. The molecule has 1 fully saturated rings.